The van der Waals surface area contributed by atoms with Gasteiger partial charge in [0.2, 0.25) is 5.91 Å². The van der Waals surface area contributed by atoms with Crippen molar-refractivity contribution >= 4 is 11.8 Å². The van der Waals surface area contributed by atoms with E-state index >= 15 is 0 Å². The highest BCUT2D eigenvalue weighted by molar-refractivity contribution is 5.90. The van der Waals surface area contributed by atoms with E-state index in [1.165, 1.54) is 0 Å². The van der Waals surface area contributed by atoms with Crippen molar-refractivity contribution < 1.29 is 14.7 Å². The van der Waals surface area contributed by atoms with E-state index in [0.29, 0.717) is 5.56 Å². The number of aliphatic hydroxyl groups is 1. The summed E-state index contributed by atoms with van der Waals surface area (Å²) in [6, 6.07) is 26.3. The van der Waals surface area contributed by atoms with E-state index in [1.807, 2.05) is 60.7 Å². The number of carbonyl (C=O) groups is 2. The number of nitrogens with two attached hydrogens (primary N) is 1. The smallest absolute Gasteiger partial charge is 0.254 e. The van der Waals surface area contributed by atoms with Crippen LogP contribution in [0.15, 0.2) is 91.0 Å². The number of hydrogen-bond acceptors (Lipinski definition) is 3. The Kier molecular flexibility index (Phi) is 6.19. The molecule has 0 bridgehead atoms. The van der Waals surface area contributed by atoms with Gasteiger partial charge in [0.25, 0.3) is 5.91 Å². The minimum Gasteiger partial charge on any atom is -0.378 e. The van der Waals surface area contributed by atoms with Crippen LogP contribution in [0.3, 0.4) is 0 Å². The molecule has 2 atom stereocenters. The third kappa shape index (κ3) is 4.45. The van der Waals surface area contributed by atoms with Crippen LogP contribution in [0.1, 0.15) is 28.7 Å². The lowest BCUT2D eigenvalue weighted by Crippen LogP contribution is -2.49. The van der Waals surface area contributed by atoms with Gasteiger partial charge in [0, 0.05) is 5.92 Å². The Morgan fingerprint density at radius 2 is 1.11 bits per heavy atom. The summed E-state index contributed by atoms with van der Waals surface area (Å²) < 4.78 is 0. The van der Waals surface area contributed by atoms with Crippen molar-refractivity contribution in [2.75, 3.05) is 0 Å². The summed E-state index contributed by atoms with van der Waals surface area (Å²) in [5.41, 5.74) is 7.79. The Balaban J connectivity index is 1.93. The third-order valence-corrected chi connectivity index (χ3v) is 4.62. The molecule has 3 rings (SSSR count). The van der Waals surface area contributed by atoms with Gasteiger partial charge in [0.05, 0.1) is 0 Å². The van der Waals surface area contributed by atoms with Crippen molar-refractivity contribution in [3.63, 3.8) is 0 Å². The van der Waals surface area contributed by atoms with Gasteiger partial charge in [-0.15, -0.1) is 0 Å². The van der Waals surface area contributed by atoms with Gasteiger partial charge < -0.3 is 16.2 Å². The molecule has 142 valence electrons. The molecule has 5 heteroatoms. The van der Waals surface area contributed by atoms with E-state index in [9.17, 15) is 14.7 Å². The van der Waals surface area contributed by atoms with Crippen molar-refractivity contribution in [3.05, 3.63) is 108 Å². The average Bonchev–Trinajstić information content (AvgIpc) is 2.74. The van der Waals surface area contributed by atoms with Gasteiger partial charge in [0.1, 0.15) is 6.04 Å². The Labute approximate surface area is 163 Å². The van der Waals surface area contributed by atoms with Gasteiger partial charge in [-0.05, 0) is 16.7 Å². The standard InChI is InChI=1S/C23H22N2O3/c24-22(27)20(25-23(28)21(26)18-14-8-3-9-15-18)19(16-10-4-1-5-11-16)17-12-6-2-7-13-17/h1-15,19-21,26H,(H2,24,27)(H,25,28)/t20-,21+/m1/s1. The molecule has 28 heavy (non-hydrogen) atoms. The first-order valence-corrected chi connectivity index (χ1v) is 9.00. The molecule has 0 saturated heterocycles. The highest BCUT2D eigenvalue weighted by atomic mass is 16.3. The van der Waals surface area contributed by atoms with Gasteiger partial charge in [-0.25, -0.2) is 0 Å². The lowest BCUT2D eigenvalue weighted by molar-refractivity contribution is -0.133. The van der Waals surface area contributed by atoms with Gasteiger partial charge in [-0.1, -0.05) is 91.0 Å². The van der Waals surface area contributed by atoms with Crippen LogP contribution in [-0.4, -0.2) is 23.0 Å². The van der Waals surface area contributed by atoms with Crippen LogP contribution in [0.25, 0.3) is 0 Å². The molecule has 0 saturated carbocycles. The van der Waals surface area contributed by atoms with Crippen LogP contribution in [-0.2, 0) is 9.59 Å². The molecule has 0 heterocycles. The van der Waals surface area contributed by atoms with E-state index in [1.54, 1.807) is 30.3 Å². The fourth-order valence-electron chi connectivity index (χ4n) is 3.24. The van der Waals surface area contributed by atoms with Crippen LogP contribution in [0.2, 0.25) is 0 Å². The molecule has 0 spiro atoms. The van der Waals surface area contributed by atoms with Crippen molar-refractivity contribution in [2.24, 2.45) is 5.73 Å². The van der Waals surface area contributed by atoms with E-state index < -0.39 is 29.9 Å². The molecule has 0 radical (unpaired) electrons. The highest BCUT2D eigenvalue weighted by Gasteiger charge is 2.32. The van der Waals surface area contributed by atoms with E-state index in [0.717, 1.165) is 11.1 Å². The summed E-state index contributed by atoms with van der Waals surface area (Å²) in [5, 5.41) is 13.0. The summed E-state index contributed by atoms with van der Waals surface area (Å²) in [6.45, 7) is 0. The molecule has 0 unspecified atom stereocenters. The monoisotopic (exact) mass is 374 g/mol. The van der Waals surface area contributed by atoms with Crippen molar-refractivity contribution in [2.45, 2.75) is 18.1 Å². The van der Waals surface area contributed by atoms with E-state index in [-0.39, 0.29) is 0 Å². The molecule has 0 aliphatic heterocycles. The van der Waals surface area contributed by atoms with Crippen LogP contribution in [0.4, 0.5) is 0 Å². The molecular formula is C23H22N2O3. The van der Waals surface area contributed by atoms with E-state index in [2.05, 4.69) is 5.32 Å². The van der Waals surface area contributed by atoms with Crippen LogP contribution >= 0.6 is 0 Å². The average molecular weight is 374 g/mol. The van der Waals surface area contributed by atoms with Gasteiger partial charge >= 0.3 is 0 Å². The zero-order valence-corrected chi connectivity index (χ0v) is 15.2. The Morgan fingerprint density at radius 1 is 0.714 bits per heavy atom. The zero-order valence-electron chi connectivity index (χ0n) is 15.2. The fourth-order valence-corrected chi connectivity index (χ4v) is 3.24. The maximum atomic E-state index is 12.7. The van der Waals surface area contributed by atoms with Gasteiger partial charge in [-0.2, -0.15) is 0 Å². The molecule has 3 aromatic rings. The van der Waals surface area contributed by atoms with Crippen LogP contribution in [0.5, 0.6) is 0 Å². The molecule has 4 N–H and O–H groups in total. The van der Waals surface area contributed by atoms with E-state index in [4.69, 9.17) is 5.73 Å². The Hall–Kier alpha value is -3.44. The molecule has 2 amide bonds. The minimum absolute atomic E-state index is 0.444. The number of aliphatic hydroxyl groups excluding tert-OH is 1. The van der Waals surface area contributed by atoms with Crippen LogP contribution < -0.4 is 11.1 Å². The second-order valence-electron chi connectivity index (χ2n) is 6.50. The van der Waals surface area contributed by atoms with Crippen molar-refractivity contribution in [1.82, 2.24) is 5.32 Å². The first-order chi connectivity index (χ1) is 13.6. The first-order valence-electron chi connectivity index (χ1n) is 9.00. The Morgan fingerprint density at radius 3 is 1.50 bits per heavy atom. The molecular weight excluding hydrogens is 352 g/mol. The molecule has 0 aliphatic rings. The van der Waals surface area contributed by atoms with Crippen LogP contribution in [0, 0.1) is 0 Å². The molecule has 5 nitrogen and oxygen atoms in total. The maximum absolute atomic E-state index is 12.7. The number of primary amides is 1. The number of nitrogens with one attached hydrogen (secondary N) is 1. The lowest BCUT2D eigenvalue weighted by Gasteiger charge is -2.27. The lowest BCUT2D eigenvalue weighted by atomic mass is 9.84. The maximum Gasteiger partial charge on any atom is 0.254 e. The normalized spacial score (nSPS) is 12.9. The number of amides is 2. The SMILES string of the molecule is NC(=O)[C@H](NC(=O)[C@@H](O)c1ccccc1)C(c1ccccc1)c1ccccc1. The van der Waals surface area contributed by atoms with Gasteiger partial charge in [0.15, 0.2) is 6.10 Å². The summed E-state index contributed by atoms with van der Waals surface area (Å²) in [5.74, 6) is -1.83. The quantitative estimate of drug-likeness (QED) is 0.593. The number of benzene rings is 3. The largest absolute Gasteiger partial charge is 0.378 e. The number of hydrogen-bond donors (Lipinski definition) is 3. The number of rotatable bonds is 7. The predicted molar refractivity (Wildman–Crippen MR) is 107 cm³/mol. The zero-order chi connectivity index (χ0) is 19.9. The predicted octanol–water partition coefficient (Wildman–Crippen LogP) is 2.52. The van der Waals surface area contributed by atoms with Crippen molar-refractivity contribution in [3.8, 4) is 0 Å². The summed E-state index contributed by atoms with van der Waals surface area (Å²) in [7, 11) is 0. The fraction of sp³-hybridized carbons (Fsp3) is 0.130. The highest BCUT2D eigenvalue weighted by Crippen LogP contribution is 2.28. The third-order valence-electron chi connectivity index (χ3n) is 4.62. The second-order valence-corrected chi connectivity index (χ2v) is 6.50. The molecule has 0 aliphatic carbocycles. The topological polar surface area (TPSA) is 92.4 Å². The minimum atomic E-state index is -1.39. The van der Waals surface area contributed by atoms with Gasteiger partial charge in [-0.3, -0.25) is 9.59 Å². The molecule has 3 aromatic carbocycles. The summed E-state index contributed by atoms with van der Waals surface area (Å²) in [4.78, 5) is 25.0. The number of carbonyl (C=O) groups excluding carboxylic acids is 2. The molecule has 0 aromatic heterocycles. The van der Waals surface area contributed by atoms with Crippen molar-refractivity contribution in [1.29, 1.82) is 0 Å². The Bertz CT molecular complexity index is 875. The summed E-state index contributed by atoms with van der Waals surface area (Å²) in [6.07, 6.45) is -1.39. The summed E-state index contributed by atoms with van der Waals surface area (Å²) >= 11 is 0. The molecule has 0 fully saturated rings. The second kappa shape index (κ2) is 8.97. The first kappa shape index (κ1) is 19.3.